The predicted octanol–water partition coefficient (Wildman–Crippen LogP) is 4.39. The number of benzene rings is 1. The third-order valence-electron chi connectivity index (χ3n) is 3.15. The molecule has 0 saturated carbocycles. The number of furan rings is 1. The van der Waals surface area contributed by atoms with Crippen LogP contribution in [-0.4, -0.2) is 6.54 Å². The van der Waals surface area contributed by atoms with Crippen molar-refractivity contribution >= 4 is 11.6 Å². The summed E-state index contributed by atoms with van der Waals surface area (Å²) in [5.74, 6) is 2.03. The Balaban J connectivity index is 2.15. The zero-order chi connectivity index (χ0) is 13.7. The van der Waals surface area contributed by atoms with E-state index in [-0.39, 0.29) is 6.04 Å². The van der Waals surface area contributed by atoms with E-state index in [0.717, 1.165) is 35.9 Å². The standard InChI is InChI=1S/C16H20ClNO/c1-3-14-8-9-16(19-14)15(18-4-2)11-12-6-5-7-13(17)10-12/h5-10,15,18H,3-4,11H2,1-2H3. The van der Waals surface area contributed by atoms with E-state index in [1.807, 2.05) is 18.2 Å². The first-order valence-corrected chi connectivity index (χ1v) is 7.17. The fraction of sp³-hybridized carbons (Fsp3) is 0.375. The second kappa shape index (κ2) is 6.78. The molecular formula is C16H20ClNO. The molecule has 1 unspecified atom stereocenters. The van der Waals surface area contributed by atoms with Crippen LogP contribution in [0.4, 0.5) is 0 Å². The maximum Gasteiger partial charge on any atom is 0.121 e. The van der Waals surface area contributed by atoms with Crippen molar-refractivity contribution in [3.05, 3.63) is 58.5 Å². The molecule has 2 rings (SSSR count). The molecule has 0 fully saturated rings. The van der Waals surface area contributed by atoms with Crippen LogP contribution in [0.25, 0.3) is 0 Å². The maximum atomic E-state index is 6.03. The van der Waals surface area contributed by atoms with Crippen molar-refractivity contribution in [2.24, 2.45) is 0 Å². The molecular weight excluding hydrogens is 258 g/mol. The summed E-state index contributed by atoms with van der Waals surface area (Å²) in [6.45, 7) is 5.11. The van der Waals surface area contributed by atoms with Gasteiger partial charge in [0.2, 0.25) is 0 Å². The first-order chi connectivity index (χ1) is 9.22. The van der Waals surface area contributed by atoms with Gasteiger partial charge in [-0.15, -0.1) is 0 Å². The highest BCUT2D eigenvalue weighted by molar-refractivity contribution is 6.30. The van der Waals surface area contributed by atoms with Gasteiger partial charge in [-0.1, -0.05) is 37.6 Å². The van der Waals surface area contributed by atoms with E-state index < -0.39 is 0 Å². The smallest absolute Gasteiger partial charge is 0.121 e. The summed E-state index contributed by atoms with van der Waals surface area (Å²) in [5, 5.41) is 4.25. The molecule has 2 nitrogen and oxygen atoms in total. The predicted molar refractivity (Wildman–Crippen MR) is 79.7 cm³/mol. The molecule has 0 spiro atoms. The van der Waals surface area contributed by atoms with Crippen LogP contribution in [0.3, 0.4) is 0 Å². The topological polar surface area (TPSA) is 25.2 Å². The van der Waals surface area contributed by atoms with E-state index in [1.165, 1.54) is 5.56 Å². The second-order valence-corrected chi connectivity index (χ2v) is 5.04. The van der Waals surface area contributed by atoms with Gasteiger partial charge < -0.3 is 9.73 Å². The zero-order valence-corrected chi connectivity index (χ0v) is 12.2. The van der Waals surface area contributed by atoms with Crippen molar-refractivity contribution in [1.29, 1.82) is 0 Å². The Labute approximate surface area is 119 Å². The van der Waals surface area contributed by atoms with E-state index in [9.17, 15) is 0 Å². The molecule has 1 aromatic heterocycles. The summed E-state index contributed by atoms with van der Waals surface area (Å²) < 4.78 is 5.85. The van der Waals surface area contributed by atoms with Gasteiger partial charge in [-0.3, -0.25) is 0 Å². The molecule has 1 atom stereocenters. The molecule has 0 aliphatic heterocycles. The molecule has 1 heterocycles. The Hall–Kier alpha value is -1.25. The van der Waals surface area contributed by atoms with Crippen LogP contribution in [0, 0.1) is 0 Å². The van der Waals surface area contributed by atoms with E-state index >= 15 is 0 Å². The van der Waals surface area contributed by atoms with Gasteiger partial charge in [0.05, 0.1) is 6.04 Å². The average molecular weight is 278 g/mol. The SMILES string of the molecule is CCNC(Cc1cccc(Cl)c1)c1ccc(CC)o1. The fourth-order valence-electron chi connectivity index (χ4n) is 2.19. The van der Waals surface area contributed by atoms with Gasteiger partial charge in [-0.05, 0) is 42.8 Å². The van der Waals surface area contributed by atoms with Gasteiger partial charge in [0, 0.05) is 11.4 Å². The van der Waals surface area contributed by atoms with Crippen molar-refractivity contribution in [3.8, 4) is 0 Å². The first-order valence-electron chi connectivity index (χ1n) is 6.79. The minimum Gasteiger partial charge on any atom is -0.464 e. The van der Waals surface area contributed by atoms with Crippen molar-refractivity contribution in [2.45, 2.75) is 32.7 Å². The monoisotopic (exact) mass is 277 g/mol. The Morgan fingerprint density at radius 3 is 2.68 bits per heavy atom. The fourth-order valence-corrected chi connectivity index (χ4v) is 2.40. The van der Waals surface area contributed by atoms with Crippen molar-refractivity contribution in [1.82, 2.24) is 5.32 Å². The minimum atomic E-state index is 0.198. The molecule has 0 saturated heterocycles. The van der Waals surface area contributed by atoms with Crippen LogP contribution in [0.2, 0.25) is 5.02 Å². The lowest BCUT2D eigenvalue weighted by Crippen LogP contribution is -2.22. The summed E-state index contributed by atoms with van der Waals surface area (Å²) in [6.07, 6.45) is 1.81. The zero-order valence-electron chi connectivity index (χ0n) is 11.4. The molecule has 0 aliphatic carbocycles. The Morgan fingerprint density at radius 2 is 2.05 bits per heavy atom. The molecule has 0 aliphatic rings. The van der Waals surface area contributed by atoms with Crippen LogP contribution in [0.15, 0.2) is 40.8 Å². The van der Waals surface area contributed by atoms with Crippen LogP contribution in [0.1, 0.15) is 37.0 Å². The summed E-state index contributed by atoms with van der Waals surface area (Å²) in [4.78, 5) is 0. The molecule has 0 bridgehead atoms. The molecule has 19 heavy (non-hydrogen) atoms. The highest BCUT2D eigenvalue weighted by Gasteiger charge is 2.15. The highest BCUT2D eigenvalue weighted by atomic mass is 35.5. The maximum absolute atomic E-state index is 6.03. The molecule has 1 N–H and O–H groups in total. The van der Waals surface area contributed by atoms with Gasteiger partial charge in [-0.2, -0.15) is 0 Å². The van der Waals surface area contributed by atoms with Crippen LogP contribution in [-0.2, 0) is 12.8 Å². The quantitative estimate of drug-likeness (QED) is 0.847. The van der Waals surface area contributed by atoms with Gasteiger partial charge in [0.25, 0.3) is 0 Å². The third-order valence-corrected chi connectivity index (χ3v) is 3.39. The van der Waals surface area contributed by atoms with Crippen LogP contribution < -0.4 is 5.32 Å². The number of halogens is 1. The third kappa shape index (κ3) is 3.85. The first kappa shape index (κ1) is 14.2. The minimum absolute atomic E-state index is 0.198. The summed E-state index contributed by atoms with van der Waals surface area (Å²) in [7, 11) is 0. The number of aryl methyl sites for hydroxylation is 1. The van der Waals surface area contributed by atoms with Gasteiger partial charge in [0.1, 0.15) is 11.5 Å². The highest BCUT2D eigenvalue weighted by Crippen LogP contribution is 2.22. The molecule has 3 heteroatoms. The number of rotatable bonds is 6. The van der Waals surface area contributed by atoms with E-state index in [2.05, 4.69) is 37.4 Å². The Bertz CT molecular complexity index is 521. The summed E-state index contributed by atoms with van der Waals surface area (Å²) in [6, 6.07) is 12.3. The summed E-state index contributed by atoms with van der Waals surface area (Å²) >= 11 is 6.03. The molecule has 2 aromatic rings. The summed E-state index contributed by atoms with van der Waals surface area (Å²) in [5.41, 5.74) is 1.22. The number of hydrogen-bond acceptors (Lipinski definition) is 2. The largest absolute Gasteiger partial charge is 0.464 e. The lowest BCUT2D eigenvalue weighted by atomic mass is 10.0. The lowest BCUT2D eigenvalue weighted by Gasteiger charge is -2.15. The molecule has 102 valence electrons. The van der Waals surface area contributed by atoms with Crippen LogP contribution >= 0.6 is 11.6 Å². The van der Waals surface area contributed by atoms with Gasteiger partial charge in [0.15, 0.2) is 0 Å². The van der Waals surface area contributed by atoms with E-state index in [4.69, 9.17) is 16.0 Å². The average Bonchev–Trinajstić information content (AvgIpc) is 2.87. The van der Waals surface area contributed by atoms with Crippen molar-refractivity contribution < 1.29 is 4.42 Å². The van der Waals surface area contributed by atoms with Crippen molar-refractivity contribution in [3.63, 3.8) is 0 Å². The number of nitrogens with one attached hydrogen (secondary N) is 1. The Kier molecular flexibility index (Phi) is 5.06. The lowest BCUT2D eigenvalue weighted by molar-refractivity contribution is 0.397. The van der Waals surface area contributed by atoms with Gasteiger partial charge >= 0.3 is 0 Å². The molecule has 0 radical (unpaired) electrons. The number of hydrogen-bond donors (Lipinski definition) is 1. The second-order valence-electron chi connectivity index (χ2n) is 4.60. The molecule has 1 aromatic carbocycles. The normalized spacial score (nSPS) is 12.6. The number of likely N-dealkylation sites (N-methyl/N-ethyl adjacent to an activating group) is 1. The van der Waals surface area contributed by atoms with Crippen LogP contribution in [0.5, 0.6) is 0 Å². The van der Waals surface area contributed by atoms with Gasteiger partial charge in [-0.25, -0.2) is 0 Å². The van der Waals surface area contributed by atoms with E-state index in [0.29, 0.717) is 0 Å². The van der Waals surface area contributed by atoms with E-state index in [1.54, 1.807) is 0 Å². The Morgan fingerprint density at radius 1 is 1.21 bits per heavy atom. The van der Waals surface area contributed by atoms with Crippen molar-refractivity contribution in [2.75, 3.05) is 6.54 Å². The molecule has 0 amide bonds.